The number of nitrogens with one attached hydrogen (secondary N) is 1. The number of hydrogen-bond acceptors (Lipinski definition) is 11. The van der Waals surface area contributed by atoms with Crippen molar-refractivity contribution in [2.75, 3.05) is 64.6 Å². The minimum absolute atomic E-state index is 0.0199. The highest BCUT2D eigenvalue weighted by Crippen LogP contribution is 2.26. The Balaban J connectivity index is 1.47. The van der Waals surface area contributed by atoms with Crippen LogP contribution in [-0.4, -0.2) is 106 Å². The zero-order valence-electron chi connectivity index (χ0n) is 24.1. The number of sulfone groups is 1. The van der Waals surface area contributed by atoms with E-state index >= 15 is 0 Å². The summed E-state index contributed by atoms with van der Waals surface area (Å²) in [6.45, 7) is 7.80. The lowest BCUT2D eigenvalue weighted by atomic mass is 10.1. The van der Waals surface area contributed by atoms with Gasteiger partial charge in [0.25, 0.3) is 5.91 Å². The van der Waals surface area contributed by atoms with Gasteiger partial charge in [0.1, 0.15) is 6.10 Å². The largest absolute Gasteiger partial charge is 0.392 e. The molecule has 1 aliphatic carbocycles. The number of hydrogen-bond donors (Lipinski definition) is 1. The normalized spacial score (nSPS) is 20.8. The third-order valence-corrected chi connectivity index (χ3v) is 9.96. The van der Waals surface area contributed by atoms with Crippen LogP contribution in [0.2, 0.25) is 0 Å². The van der Waals surface area contributed by atoms with Gasteiger partial charge in [-0.25, -0.2) is 13.4 Å². The Labute approximate surface area is 246 Å². The maximum Gasteiger partial charge on any atom is 0.280 e. The third-order valence-electron chi connectivity index (χ3n) is 7.24. The molecule has 1 aliphatic heterocycles. The summed E-state index contributed by atoms with van der Waals surface area (Å²) >= 11 is 1.43. The number of aromatic nitrogens is 1. The second kappa shape index (κ2) is 15.2. The number of rotatable bonds is 14. The Morgan fingerprint density at radius 1 is 1.15 bits per heavy atom. The van der Waals surface area contributed by atoms with Gasteiger partial charge in [-0.2, -0.15) is 0 Å². The predicted molar refractivity (Wildman–Crippen MR) is 159 cm³/mol. The lowest BCUT2D eigenvalue weighted by Gasteiger charge is -2.31. The van der Waals surface area contributed by atoms with Gasteiger partial charge in [0.2, 0.25) is 0 Å². The zero-order valence-corrected chi connectivity index (χ0v) is 25.7. The van der Waals surface area contributed by atoms with Crippen molar-refractivity contribution >= 4 is 37.9 Å². The highest BCUT2D eigenvalue weighted by Gasteiger charge is 2.28. The molecule has 13 heteroatoms. The van der Waals surface area contributed by atoms with Gasteiger partial charge in [-0.1, -0.05) is 17.3 Å². The van der Waals surface area contributed by atoms with Crippen LogP contribution in [0.25, 0.3) is 0 Å². The molecule has 2 fully saturated rings. The summed E-state index contributed by atoms with van der Waals surface area (Å²) < 4.78 is 36.1. The molecule has 41 heavy (non-hydrogen) atoms. The van der Waals surface area contributed by atoms with Crippen LogP contribution in [0.3, 0.4) is 0 Å². The summed E-state index contributed by atoms with van der Waals surface area (Å²) in [5, 5.41) is 7.61. The number of benzene rings is 1. The van der Waals surface area contributed by atoms with Gasteiger partial charge in [0.15, 0.2) is 20.7 Å². The number of ether oxygens (including phenoxy) is 2. The van der Waals surface area contributed by atoms with Crippen LogP contribution in [0.5, 0.6) is 0 Å². The van der Waals surface area contributed by atoms with Crippen molar-refractivity contribution in [3.05, 3.63) is 40.9 Å². The topological polar surface area (TPSA) is 123 Å². The van der Waals surface area contributed by atoms with Gasteiger partial charge in [-0.3, -0.25) is 15.0 Å². The molecule has 1 saturated carbocycles. The molecule has 11 nitrogen and oxygen atoms in total. The second-order valence-electron chi connectivity index (χ2n) is 10.4. The maximum absolute atomic E-state index is 13.4. The van der Waals surface area contributed by atoms with E-state index in [1.54, 1.807) is 18.3 Å². The molecule has 2 atom stereocenters. The van der Waals surface area contributed by atoms with E-state index in [1.807, 2.05) is 6.92 Å². The molecule has 0 radical (unpaired) electrons. The summed E-state index contributed by atoms with van der Waals surface area (Å²) in [5.74, 6) is -0.492. The van der Waals surface area contributed by atoms with E-state index in [9.17, 15) is 13.2 Å². The van der Waals surface area contributed by atoms with Gasteiger partial charge in [-0.05, 0) is 45.4 Å². The molecule has 0 spiro atoms. The molecule has 1 aromatic heterocycles. The fourth-order valence-corrected chi connectivity index (χ4v) is 7.02. The first-order valence-corrected chi connectivity index (χ1v) is 16.6. The SMILES string of the molecule is CCO[C@@H]1CC[C@@H](ON=C(C(=O)Nc2ncc(CN3CCN(C)CC3)s2)c2ccc(S(=O)(=O)CCCOC)cc2)C1. The number of nitrogens with zero attached hydrogens (tertiary/aromatic N) is 4. The third kappa shape index (κ3) is 9.29. The highest BCUT2D eigenvalue weighted by molar-refractivity contribution is 7.91. The van der Waals surface area contributed by atoms with Crippen LogP contribution < -0.4 is 5.32 Å². The van der Waals surface area contributed by atoms with Crippen LogP contribution in [-0.2, 0) is 35.5 Å². The first-order chi connectivity index (χ1) is 19.8. The van der Waals surface area contributed by atoms with E-state index in [4.69, 9.17) is 14.3 Å². The fraction of sp³-hybridized carbons (Fsp3) is 0.607. The smallest absolute Gasteiger partial charge is 0.280 e. The number of oxime groups is 1. The van der Waals surface area contributed by atoms with Gasteiger partial charge in [-0.15, -0.1) is 11.3 Å². The van der Waals surface area contributed by atoms with Crippen LogP contribution in [0, 0.1) is 0 Å². The van der Waals surface area contributed by atoms with Crippen LogP contribution in [0.1, 0.15) is 43.0 Å². The lowest BCUT2D eigenvalue weighted by Crippen LogP contribution is -2.43. The fourth-order valence-electron chi connectivity index (χ4n) is 4.89. The van der Waals surface area contributed by atoms with Crippen LogP contribution in [0.15, 0.2) is 40.5 Å². The first kappa shape index (κ1) is 31.5. The van der Waals surface area contributed by atoms with Crippen molar-refractivity contribution in [2.45, 2.75) is 56.3 Å². The second-order valence-corrected chi connectivity index (χ2v) is 13.6. The highest BCUT2D eigenvalue weighted by atomic mass is 32.2. The Morgan fingerprint density at radius 2 is 1.88 bits per heavy atom. The van der Waals surface area contributed by atoms with Gasteiger partial charge >= 0.3 is 0 Å². The minimum atomic E-state index is -3.47. The Morgan fingerprint density at radius 3 is 2.59 bits per heavy atom. The Bertz CT molecular complexity index is 1260. The number of carbonyl (C=O) groups excluding carboxylic acids is 1. The van der Waals surface area contributed by atoms with Crippen molar-refractivity contribution in [3.8, 4) is 0 Å². The summed E-state index contributed by atoms with van der Waals surface area (Å²) in [5.41, 5.74) is 0.510. The summed E-state index contributed by atoms with van der Waals surface area (Å²) in [7, 11) is 0.191. The van der Waals surface area contributed by atoms with E-state index < -0.39 is 15.7 Å². The molecular formula is C28H41N5O6S2. The van der Waals surface area contributed by atoms with Crippen molar-refractivity contribution in [1.29, 1.82) is 0 Å². The van der Waals surface area contributed by atoms with Crippen molar-refractivity contribution in [3.63, 3.8) is 0 Å². The molecule has 2 heterocycles. The van der Waals surface area contributed by atoms with Gasteiger partial charge in [0, 0.05) is 76.1 Å². The van der Waals surface area contributed by atoms with Crippen LogP contribution >= 0.6 is 11.3 Å². The molecule has 1 aromatic carbocycles. The number of piperazine rings is 1. The van der Waals surface area contributed by atoms with Gasteiger partial charge in [0.05, 0.1) is 16.8 Å². The lowest BCUT2D eigenvalue weighted by molar-refractivity contribution is -0.110. The number of carbonyl (C=O) groups is 1. The molecule has 1 amide bonds. The van der Waals surface area contributed by atoms with E-state index in [0.29, 0.717) is 36.8 Å². The maximum atomic E-state index is 13.4. The molecule has 0 unspecified atom stereocenters. The van der Waals surface area contributed by atoms with E-state index in [-0.39, 0.29) is 28.6 Å². The first-order valence-electron chi connectivity index (χ1n) is 14.1. The van der Waals surface area contributed by atoms with Crippen LogP contribution in [0.4, 0.5) is 5.13 Å². The number of anilines is 1. The van der Waals surface area contributed by atoms with Crippen molar-refractivity contribution in [2.24, 2.45) is 5.16 Å². The molecule has 1 N–H and O–H groups in total. The minimum Gasteiger partial charge on any atom is -0.392 e. The Kier molecular flexibility index (Phi) is 11.7. The summed E-state index contributed by atoms with van der Waals surface area (Å²) in [4.78, 5) is 29.6. The standard InChI is InChI=1S/C28H41N5O6S2/c1-4-38-22-8-9-23(18-22)39-31-26(21-6-10-25(11-7-21)41(35,36)17-5-16-37-3)27(34)30-28-29-19-24(40-28)20-33-14-12-32(2)13-15-33/h6-7,10-11,19,22-23H,4-5,8-9,12-18,20H2,1-3H3,(H,29,30,34)/t22-,23-/m1/s1. The van der Waals surface area contributed by atoms with Gasteiger partial charge < -0.3 is 19.2 Å². The molecule has 2 aliphatic rings. The molecule has 2 aromatic rings. The molecule has 4 rings (SSSR count). The summed E-state index contributed by atoms with van der Waals surface area (Å²) in [6.07, 6.45) is 4.51. The number of amides is 1. The quantitative estimate of drug-likeness (QED) is 0.196. The molecule has 226 valence electrons. The van der Waals surface area contributed by atoms with Crippen molar-refractivity contribution in [1.82, 2.24) is 14.8 Å². The zero-order chi connectivity index (χ0) is 29.2. The van der Waals surface area contributed by atoms with Crippen molar-refractivity contribution < 1.29 is 27.5 Å². The summed E-state index contributed by atoms with van der Waals surface area (Å²) in [6, 6.07) is 6.17. The monoisotopic (exact) mass is 607 g/mol. The predicted octanol–water partition coefficient (Wildman–Crippen LogP) is 3.02. The number of thiazole rings is 1. The molecule has 0 bridgehead atoms. The average Bonchev–Trinajstić information content (AvgIpc) is 3.60. The van der Waals surface area contributed by atoms with E-state index in [2.05, 4.69) is 32.3 Å². The molecule has 1 saturated heterocycles. The van der Waals surface area contributed by atoms with E-state index in [1.165, 1.54) is 30.6 Å². The number of methoxy groups -OCH3 is 1. The molecular weight excluding hydrogens is 566 g/mol. The Hall–Kier alpha value is -2.42. The number of likely N-dealkylation sites (N-methyl/N-ethyl adjacent to an activating group) is 1. The van der Waals surface area contributed by atoms with E-state index in [0.717, 1.165) is 50.4 Å². The average molecular weight is 608 g/mol.